The van der Waals surface area contributed by atoms with Gasteiger partial charge in [0.1, 0.15) is 0 Å². The minimum atomic E-state index is 1.12. The van der Waals surface area contributed by atoms with E-state index in [2.05, 4.69) is 16.4 Å². The maximum absolute atomic E-state index is 3.10. The van der Waals surface area contributed by atoms with Crippen molar-refractivity contribution < 1.29 is 0 Å². The van der Waals surface area contributed by atoms with Crippen LogP contribution in [0.1, 0.15) is 11.4 Å². The minimum Gasteiger partial charge on any atom is -0.364 e. The molecule has 0 aliphatic rings. The van der Waals surface area contributed by atoms with Gasteiger partial charge in [-0.2, -0.15) is 0 Å². The zero-order chi connectivity index (χ0) is 7.52. The summed E-state index contributed by atoms with van der Waals surface area (Å²) in [5.41, 5.74) is 2.24. The largest absolute Gasteiger partial charge is 0.364 e. The van der Waals surface area contributed by atoms with E-state index in [1.807, 2.05) is 36.7 Å². The number of nitrogens with one attached hydrogen (secondary N) is 2. The average Bonchev–Trinajstić information content (AvgIpc) is 2.60. The van der Waals surface area contributed by atoms with E-state index >= 15 is 0 Å². The predicted octanol–water partition coefficient (Wildman–Crippen LogP) is 1.94. The lowest BCUT2D eigenvalue weighted by molar-refractivity contribution is 1.22. The Balaban J connectivity index is 2.14. The van der Waals surface area contributed by atoms with Gasteiger partial charge in [0.15, 0.2) is 0 Å². The van der Waals surface area contributed by atoms with Crippen LogP contribution >= 0.6 is 0 Å². The Labute approximate surface area is 65.3 Å². The van der Waals surface area contributed by atoms with Crippen LogP contribution in [0.3, 0.4) is 0 Å². The van der Waals surface area contributed by atoms with Crippen molar-refractivity contribution in [1.82, 2.24) is 9.97 Å². The molecule has 0 saturated heterocycles. The molecule has 0 aromatic carbocycles. The van der Waals surface area contributed by atoms with E-state index in [0.29, 0.717) is 0 Å². The van der Waals surface area contributed by atoms with Gasteiger partial charge >= 0.3 is 0 Å². The maximum atomic E-state index is 3.10. The van der Waals surface area contributed by atoms with Crippen LogP contribution in [0.2, 0.25) is 0 Å². The molecule has 0 spiro atoms. The molecular weight excluding hydrogens is 136 g/mol. The molecule has 0 fully saturated rings. The zero-order valence-electron chi connectivity index (χ0n) is 6.04. The van der Waals surface area contributed by atoms with Crippen molar-refractivity contribution in [2.24, 2.45) is 0 Å². The molecule has 1 radical (unpaired) electrons. The van der Waals surface area contributed by atoms with Gasteiger partial charge in [-0.1, -0.05) is 0 Å². The summed E-state index contributed by atoms with van der Waals surface area (Å²) in [6.45, 7) is 0. The number of aromatic amines is 2. The summed E-state index contributed by atoms with van der Waals surface area (Å²) in [5, 5.41) is 0. The van der Waals surface area contributed by atoms with E-state index < -0.39 is 0 Å². The smallest absolute Gasteiger partial charge is 0.0529 e. The molecule has 0 saturated carbocycles. The fourth-order valence-electron chi connectivity index (χ4n) is 1.04. The number of H-pyrrole nitrogens is 2. The van der Waals surface area contributed by atoms with Gasteiger partial charge in [-0.3, -0.25) is 0 Å². The molecule has 2 aromatic heterocycles. The van der Waals surface area contributed by atoms with Crippen LogP contribution in [-0.4, -0.2) is 9.97 Å². The highest BCUT2D eigenvalue weighted by Crippen LogP contribution is 2.06. The van der Waals surface area contributed by atoms with Gasteiger partial charge in [0.25, 0.3) is 0 Å². The first kappa shape index (κ1) is 6.28. The zero-order valence-corrected chi connectivity index (χ0v) is 6.04. The summed E-state index contributed by atoms with van der Waals surface area (Å²) in [5.74, 6) is 0. The SMILES string of the molecule is [CH](c1ccc[nH]1)c1ccc[nH]1. The molecule has 11 heavy (non-hydrogen) atoms. The van der Waals surface area contributed by atoms with Gasteiger partial charge in [-0.25, -0.2) is 0 Å². The molecule has 2 N–H and O–H groups in total. The third-order valence-electron chi connectivity index (χ3n) is 1.56. The summed E-state index contributed by atoms with van der Waals surface area (Å²) in [6, 6.07) is 8.02. The maximum Gasteiger partial charge on any atom is 0.0529 e. The standard InChI is InChI=1S/C9H9N2/c1-3-8(10-5-1)7-9-4-2-6-11-9/h1-7,10-11H. The van der Waals surface area contributed by atoms with Crippen molar-refractivity contribution in [1.29, 1.82) is 0 Å². The quantitative estimate of drug-likeness (QED) is 0.647. The Morgan fingerprint density at radius 3 is 1.82 bits per heavy atom. The number of hydrogen-bond acceptors (Lipinski definition) is 0. The molecule has 0 aliphatic carbocycles. The molecule has 0 aliphatic heterocycles. The van der Waals surface area contributed by atoms with Crippen molar-refractivity contribution in [3.8, 4) is 0 Å². The lowest BCUT2D eigenvalue weighted by Gasteiger charge is -1.91. The fraction of sp³-hybridized carbons (Fsp3) is 0. The second-order valence-electron chi connectivity index (χ2n) is 2.40. The highest BCUT2D eigenvalue weighted by Gasteiger charge is 1.95. The molecule has 55 valence electrons. The minimum absolute atomic E-state index is 1.12. The van der Waals surface area contributed by atoms with E-state index in [1.165, 1.54) is 0 Å². The number of aromatic nitrogens is 2. The molecule has 2 nitrogen and oxygen atoms in total. The highest BCUT2D eigenvalue weighted by molar-refractivity contribution is 5.27. The Morgan fingerprint density at radius 2 is 1.45 bits per heavy atom. The predicted molar refractivity (Wildman–Crippen MR) is 44.1 cm³/mol. The highest BCUT2D eigenvalue weighted by atomic mass is 14.7. The summed E-state index contributed by atoms with van der Waals surface area (Å²) in [4.78, 5) is 6.20. The van der Waals surface area contributed by atoms with Gasteiger partial charge in [-0.05, 0) is 24.3 Å². The lowest BCUT2D eigenvalue weighted by atomic mass is 10.2. The van der Waals surface area contributed by atoms with Crippen LogP contribution < -0.4 is 0 Å². The van der Waals surface area contributed by atoms with Crippen LogP contribution in [0, 0.1) is 6.42 Å². The molecule has 0 amide bonds. The molecule has 2 heterocycles. The van der Waals surface area contributed by atoms with E-state index in [4.69, 9.17) is 0 Å². The van der Waals surface area contributed by atoms with Crippen molar-refractivity contribution >= 4 is 0 Å². The van der Waals surface area contributed by atoms with E-state index in [0.717, 1.165) is 11.4 Å². The van der Waals surface area contributed by atoms with Crippen molar-refractivity contribution in [3.63, 3.8) is 0 Å². The molecule has 0 unspecified atom stereocenters. The van der Waals surface area contributed by atoms with E-state index in [-0.39, 0.29) is 0 Å². The third kappa shape index (κ3) is 1.34. The first-order valence-electron chi connectivity index (χ1n) is 3.57. The molecule has 0 bridgehead atoms. The summed E-state index contributed by atoms with van der Waals surface area (Å²) in [6.07, 6.45) is 5.88. The van der Waals surface area contributed by atoms with Crippen molar-refractivity contribution in [2.45, 2.75) is 0 Å². The Morgan fingerprint density at radius 1 is 0.909 bits per heavy atom. The molecule has 2 heteroatoms. The van der Waals surface area contributed by atoms with E-state index in [1.54, 1.807) is 0 Å². The fourth-order valence-corrected chi connectivity index (χ4v) is 1.04. The summed E-state index contributed by atoms with van der Waals surface area (Å²) < 4.78 is 0. The monoisotopic (exact) mass is 145 g/mol. The Hall–Kier alpha value is -1.44. The first-order chi connectivity index (χ1) is 5.45. The third-order valence-corrected chi connectivity index (χ3v) is 1.56. The van der Waals surface area contributed by atoms with Gasteiger partial charge < -0.3 is 9.97 Å². The van der Waals surface area contributed by atoms with Crippen LogP contribution in [0.15, 0.2) is 36.7 Å². The average molecular weight is 145 g/mol. The Bertz CT molecular complexity index is 260. The van der Waals surface area contributed by atoms with Gasteiger partial charge in [0, 0.05) is 23.8 Å². The molecule has 0 atom stereocenters. The van der Waals surface area contributed by atoms with Crippen LogP contribution in [0.25, 0.3) is 0 Å². The number of hydrogen-bond donors (Lipinski definition) is 2. The second kappa shape index (κ2) is 2.66. The molecule has 2 aromatic rings. The van der Waals surface area contributed by atoms with Gasteiger partial charge in [0.05, 0.1) is 6.42 Å². The topological polar surface area (TPSA) is 31.6 Å². The van der Waals surface area contributed by atoms with Crippen LogP contribution in [0.4, 0.5) is 0 Å². The van der Waals surface area contributed by atoms with E-state index in [9.17, 15) is 0 Å². The Kier molecular flexibility index (Phi) is 1.52. The molecule has 2 rings (SSSR count). The summed E-state index contributed by atoms with van der Waals surface area (Å²) >= 11 is 0. The van der Waals surface area contributed by atoms with Crippen molar-refractivity contribution in [2.75, 3.05) is 0 Å². The normalized spacial score (nSPS) is 10.2. The number of rotatable bonds is 2. The van der Waals surface area contributed by atoms with Gasteiger partial charge in [0.2, 0.25) is 0 Å². The van der Waals surface area contributed by atoms with Crippen LogP contribution in [-0.2, 0) is 0 Å². The first-order valence-corrected chi connectivity index (χ1v) is 3.57. The van der Waals surface area contributed by atoms with Crippen molar-refractivity contribution in [3.05, 3.63) is 54.5 Å². The lowest BCUT2D eigenvalue weighted by Crippen LogP contribution is -1.83. The van der Waals surface area contributed by atoms with Crippen LogP contribution in [0.5, 0.6) is 0 Å². The van der Waals surface area contributed by atoms with Gasteiger partial charge in [-0.15, -0.1) is 0 Å². The second-order valence-corrected chi connectivity index (χ2v) is 2.40. The summed E-state index contributed by atoms with van der Waals surface area (Å²) in [7, 11) is 0. The molecular formula is C9H9N2.